The van der Waals surface area contributed by atoms with E-state index in [9.17, 15) is 15.0 Å². The van der Waals surface area contributed by atoms with Crippen LogP contribution in [0.25, 0.3) is 0 Å². The lowest BCUT2D eigenvalue weighted by atomic mass is 9.85. The summed E-state index contributed by atoms with van der Waals surface area (Å²) in [6.07, 6.45) is 9.74. The van der Waals surface area contributed by atoms with Gasteiger partial charge in [0.2, 0.25) is 0 Å². The molecule has 3 aliphatic rings. The van der Waals surface area contributed by atoms with E-state index in [0.29, 0.717) is 41.8 Å². The predicted molar refractivity (Wildman–Crippen MR) is 138 cm³/mol. The van der Waals surface area contributed by atoms with Gasteiger partial charge >= 0.3 is 0 Å². The lowest BCUT2D eigenvalue weighted by molar-refractivity contribution is -0.141. The molecule has 5 heteroatoms. The fourth-order valence-electron chi connectivity index (χ4n) is 6.85. The maximum atomic E-state index is 13.5. The van der Waals surface area contributed by atoms with Gasteiger partial charge in [0.15, 0.2) is 6.10 Å². The number of carbonyl (C=O) groups excluding carboxylic acids is 1. The van der Waals surface area contributed by atoms with E-state index in [0.717, 1.165) is 25.9 Å². The zero-order chi connectivity index (χ0) is 24.2. The van der Waals surface area contributed by atoms with Crippen LogP contribution >= 0.6 is 0 Å². The summed E-state index contributed by atoms with van der Waals surface area (Å²) < 4.78 is 0. The van der Waals surface area contributed by atoms with Gasteiger partial charge in [0.05, 0.1) is 0 Å². The Balaban J connectivity index is 1.25. The Hall–Kier alpha value is -2.37. The second kappa shape index (κ2) is 11.1. The van der Waals surface area contributed by atoms with Crippen LogP contribution in [-0.2, 0) is 4.79 Å². The molecule has 2 saturated heterocycles. The van der Waals surface area contributed by atoms with E-state index in [4.69, 9.17) is 0 Å². The van der Waals surface area contributed by atoms with Crippen LogP contribution in [0, 0.1) is 5.92 Å². The van der Waals surface area contributed by atoms with E-state index in [2.05, 4.69) is 11.0 Å². The van der Waals surface area contributed by atoms with Crippen molar-refractivity contribution in [3.05, 3.63) is 65.7 Å². The van der Waals surface area contributed by atoms with Crippen molar-refractivity contribution in [2.75, 3.05) is 19.6 Å². The molecule has 5 nitrogen and oxygen atoms in total. The Kier molecular flexibility index (Phi) is 7.74. The number of hydrogen-bond donors (Lipinski definition) is 2. The van der Waals surface area contributed by atoms with Crippen LogP contribution in [0.5, 0.6) is 5.75 Å². The van der Waals surface area contributed by atoms with E-state index in [1.54, 1.807) is 6.07 Å². The van der Waals surface area contributed by atoms with Crippen molar-refractivity contribution in [1.82, 2.24) is 9.80 Å². The maximum Gasteiger partial charge on any atom is 0.256 e. The molecule has 1 amide bonds. The summed E-state index contributed by atoms with van der Waals surface area (Å²) in [6, 6.07) is 18.2. The van der Waals surface area contributed by atoms with Crippen molar-refractivity contribution in [1.29, 1.82) is 0 Å². The third kappa shape index (κ3) is 5.73. The summed E-state index contributed by atoms with van der Waals surface area (Å²) in [5.74, 6) is 1.24. The van der Waals surface area contributed by atoms with Gasteiger partial charge in [-0.25, -0.2) is 0 Å². The number of piperidine rings is 1. The highest BCUT2D eigenvalue weighted by atomic mass is 16.3. The molecule has 0 aromatic heterocycles. The quantitative estimate of drug-likeness (QED) is 0.547. The molecule has 35 heavy (non-hydrogen) atoms. The summed E-state index contributed by atoms with van der Waals surface area (Å²) >= 11 is 0. The molecule has 0 spiro atoms. The Morgan fingerprint density at radius 3 is 2.34 bits per heavy atom. The fraction of sp³-hybridized carbons (Fsp3) is 0.567. The zero-order valence-corrected chi connectivity index (χ0v) is 20.8. The first kappa shape index (κ1) is 24.3. The molecule has 2 aliphatic heterocycles. The Labute approximate surface area is 209 Å². The van der Waals surface area contributed by atoms with E-state index >= 15 is 0 Å². The number of aliphatic hydroxyl groups excluding tert-OH is 1. The van der Waals surface area contributed by atoms with Gasteiger partial charge in [0, 0.05) is 31.7 Å². The molecule has 0 radical (unpaired) electrons. The molecule has 3 fully saturated rings. The zero-order valence-electron chi connectivity index (χ0n) is 20.8. The van der Waals surface area contributed by atoms with E-state index in [1.165, 1.54) is 50.5 Å². The van der Waals surface area contributed by atoms with Gasteiger partial charge in [-0.15, -0.1) is 0 Å². The maximum absolute atomic E-state index is 13.5. The molecule has 1 saturated carbocycles. The van der Waals surface area contributed by atoms with Crippen molar-refractivity contribution in [3.63, 3.8) is 0 Å². The Bertz CT molecular complexity index is 961. The summed E-state index contributed by atoms with van der Waals surface area (Å²) in [5.41, 5.74) is 1.93. The number of phenolic OH excluding ortho intramolecular Hbond substituents is 1. The summed E-state index contributed by atoms with van der Waals surface area (Å²) in [4.78, 5) is 18.1. The van der Waals surface area contributed by atoms with Crippen molar-refractivity contribution in [2.24, 2.45) is 5.92 Å². The molecular formula is C30H40N2O3. The number of hydrogen-bond acceptors (Lipinski definition) is 4. The van der Waals surface area contributed by atoms with E-state index in [1.807, 2.05) is 47.4 Å². The third-order valence-electron chi connectivity index (χ3n) is 8.72. The number of amides is 1. The standard InChI is InChI=1S/C30H40N2O3/c33-28-13-7-12-24(20-28)25-18-26-14-15-27(19-25)32(26)17-16-31(21-22-8-3-1-4-9-22)30(35)29(34)23-10-5-2-6-11-23/h2,5-7,10-13,20,22,25-27,29,33-34H,1,3-4,8-9,14-19,21H2/t25-,26+,27-,29?. The Morgan fingerprint density at radius 1 is 0.943 bits per heavy atom. The average molecular weight is 477 g/mol. The summed E-state index contributed by atoms with van der Waals surface area (Å²) in [6.45, 7) is 2.32. The number of aromatic hydroxyl groups is 1. The van der Waals surface area contributed by atoms with Crippen molar-refractivity contribution >= 4 is 5.91 Å². The minimum absolute atomic E-state index is 0.149. The smallest absolute Gasteiger partial charge is 0.256 e. The number of fused-ring (bicyclic) bond motifs is 2. The Morgan fingerprint density at radius 2 is 1.66 bits per heavy atom. The minimum Gasteiger partial charge on any atom is -0.508 e. The van der Waals surface area contributed by atoms with Crippen molar-refractivity contribution in [3.8, 4) is 5.75 Å². The molecule has 5 rings (SSSR count). The number of carbonyl (C=O) groups is 1. The molecule has 1 unspecified atom stereocenters. The van der Waals surface area contributed by atoms with E-state index in [-0.39, 0.29) is 5.91 Å². The lowest BCUT2D eigenvalue weighted by Gasteiger charge is -2.41. The van der Waals surface area contributed by atoms with Crippen molar-refractivity contribution in [2.45, 2.75) is 81.9 Å². The SMILES string of the molecule is O=C(C(O)c1ccccc1)N(CCN1[C@@H]2CC[C@H]1C[C@@H](c1cccc(O)c1)C2)CC1CCCCC1. The van der Waals surface area contributed by atoms with Crippen molar-refractivity contribution < 1.29 is 15.0 Å². The number of aliphatic hydroxyl groups is 1. The topological polar surface area (TPSA) is 64.0 Å². The molecular weight excluding hydrogens is 436 g/mol. The highest BCUT2D eigenvalue weighted by Crippen LogP contribution is 2.43. The molecule has 2 bridgehead atoms. The summed E-state index contributed by atoms with van der Waals surface area (Å²) in [7, 11) is 0. The second-order valence-corrected chi connectivity index (χ2v) is 11.0. The van der Waals surface area contributed by atoms with Gasteiger partial charge in [-0.2, -0.15) is 0 Å². The first-order chi connectivity index (χ1) is 17.1. The average Bonchev–Trinajstić information content (AvgIpc) is 3.13. The van der Waals surface area contributed by atoms with Gasteiger partial charge in [-0.3, -0.25) is 9.69 Å². The summed E-state index contributed by atoms with van der Waals surface area (Å²) in [5, 5.41) is 20.8. The highest BCUT2D eigenvalue weighted by Gasteiger charge is 2.41. The molecule has 2 aromatic rings. The van der Waals surface area contributed by atoms with Crippen LogP contribution in [0.2, 0.25) is 0 Å². The van der Waals surface area contributed by atoms with Crippen LogP contribution in [0.15, 0.2) is 54.6 Å². The molecule has 2 heterocycles. The first-order valence-corrected chi connectivity index (χ1v) is 13.6. The largest absolute Gasteiger partial charge is 0.508 e. The molecule has 4 atom stereocenters. The lowest BCUT2D eigenvalue weighted by Crippen LogP contribution is -2.48. The van der Waals surface area contributed by atoms with Gasteiger partial charge in [-0.05, 0) is 73.6 Å². The van der Waals surface area contributed by atoms with Crippen LogP contribution in [0.3, 0.4) is 0 Å². The van der Waals surface area contributed by atoms with Gasteiger partial charge in [0.25, 0.3) is 5.91 Å². The highest BCUT2D eigenvalue weighted by molar-refractivity contribution is 5.82. The van der Waals surface area contributed by atoms with Gasteiger partial charge < -0.3 is 15.1 Å². The first-order valence-electron chi connectivity index (χ1n) is 13.6. The normalized spacial score (nSPS) is 25.9. The second-order valence-electron chi connectivity index (χ2n) is 11.0. The number of rotatable bonds is 8. The van der Waals surface area contributed by atoms with Crippen LogP contribution in [0.1, 0.15) is 80.9 Å². The van der Waals surface area contributed by atoms with Gasteiger partial charge in [-0.1, -0.05) is 61.7 Å². The molecule has 1 aliphatic carbocycles. The van der Waals surface area contributed by atoms with Crippen LogP contribution in [0.4, 0.5) is 0 Å². The number of phenols is 1. The molecule has 2 N–H and O–H groups in total. The molecule has 188 valence electrons. The monoisotopic (exact) mass is 476 g/mol. The van der Waals surface area contributed by atoms with E-state index < -0.39 is 6.10 Å². The molecule has 2 aromatic carbocycles. The number of benzene rings is 2. The fourth-order valence-corrected chi connectivity index (χ4v) is 6.85. The van der Waals surface area contributed by atoms with Crippen LogP contribution < -0.4 is 0 Å². The number of nitrogens with zero attached hydrogens (tertiary/aromatic N) is 2. The van der Waals surface area contributed by atoms with Gasteiger partial charge in [0.1, 0.15) is 5.75 Å². The third-order valence-corrected chi connectivity index (χ3v) is 8.72. The minimum atomic E-state index is -1.09. The predicted octanol–water partition coefficient (Wildman–Crippen LogP) is 5.25. The van der Waals surface area contributed by atoms with Crippen LogP contribution in [-0.4, -0.2) is 57.6 Å².